The average Bonchev–Trinajstić information content (AvgIpc) is 2.71. The van der Waals surface area contributed by atoms with Gasteiger partial charge in [-0.1, -0.05) is 29.3 Å². The smallest absolute Gasteiger partial charge is 0.255 e. The molecule has 30 heavy (non-hydrogen) atoms. The number of aryl methyl sites for hydroxylation is 4. The zero-order valence-electron chi connectivity index (χ0n) is 17.9. The summed E-state index contributed by atoms with van der Waals surface area (Å²) in [4.78, 5) is 12.9. The van der Waals surface area contributed by atoms with E-state index in [9.17, 15) is 4.79 Å². The molecule has 0 radical (unpaired) electrons. The van der Waals surface area contributed by atoms with E-state index in [0.717, 1.165) is 27.9 Å². The number of carbonyl (C=O) groups excluding carboxylic acids is 1. The van der Waals surface area contributed by atoms with Crippen molar-refractivity contribution in [3.05, 3.63) is 86.9 Å². The molecule has 0 aliphatic heterocycles. The van der Waals surface area contributed by atoms with Crippen molar-refractivity contribution in [2.75, 3.05) is 12.4 Å². The van der Waals surface area contributed by atoms with Gasteiger partial charge >= 0.3 is 0 Å². The lowest BCUT2D eigenvalue weighted by Gasteiger charge is -2.15. The second-order valence-corrected chi connectivity index (χ2v) is 7.86. The standard InChI is InChI=1S/C25H26ClNO3/c1-15-10-17(3)24(18(4)11-15)27-25(28)19-6-9-23(29-5)20(13-19)14-30-21-7-8-22(26)16(2)12-21/h6-13H,14H2,1-5H3,(H,27,28). The minimum absolute atomic E-state index is 0.170. The Kier molecular flexibility index (Phi) is 6.68. The summed E-state index contributed by atoms with van der Waals surface area (Å²) in [6.07, 6.45) is 0. The molecular weight excluding hydrogens is 398 g/mol. The number of benzene rings is 3. The molecule has 0 aliphatic rings. The largest absolute Gasteiger partial charge is 0.496 e. The van der Waals surface area contributed by atoms with Gasteiger partial charge in [0, 0.05) is 21.8 Å². The van der Waals surface area contributed by atoms with Gasteiger partial charge in [0.05, 0.1) is 7.11 Å². The molecule has 0 aliphatic carbocycles. The van der Waals surface area contributed by atoms with E-state index in [1.807, 2.05) is 39.8 Å². The van der Waals surface area contributed by atoms with Gasteiger partial charge < -0.3 is 14.8 Å². The Morgan fingerprint density at radius 1 is 0.933 bits per heavy atom. The summed E-state index contributed by atoms with van der Waals surface area (Å²) in [6, 6.07) is 15.0. The Labute approximate surface area is 182 Å². The second kappa shape index (κ2) is 9.23. The van der Waals surface area contributed by atoms with Crippen LogP contribution in [0.2, 0.25) is 5.02 Å². The van der Waals surface area contributed by atoms with Crippen LogP contribution < -0.4 is 14.8 Å². The first-order chi connectivity index (χ1) is 14.3. The summed E-state index contributed by atoms with van der Waals surface area (Å²) in [5.41, 5.74) is 6.36. The van der Waals surface area contributed by atoms with Crippen LogP contribution in [0.5, 0.6) is 11.5 Å². The molecule has 0 saturated heterocycles. The van der Waals surface area contributed by atoms with E-state index in [0.29, 0.717) is 22.1 Å². The third kappa shape index (κ3) is 4.95. The SMILES string of the molecule is COc1ccc(C(=O)Nc2c(C)cc(C)cc2C)cc1COc1ccc(Cl)c(C)c1. The van der Waals surface area contributed by atoms with Gasteiger partial charge in [0.25, 0.3) is 5.91 Å². The number of nitrogens with one attached hydrogen (secondary N) is 1. The maximum atomic E-state index is 12.9. The maximum absolute atomic E-state index is 12.9. The molecule has 156 valence electrons. The number of hydrogen-bond acceptors (Lipinski definition) is 3. The van der Waals surface area contributed by atoms with E-state index in [-0.39, 0.29) is 12.5 Å². The van der Waals surface area contributed by atoms with Crippen molar-refractivity contribution in [3.63, 3.8) is 0 Å². The van der Waals surface area contributed by atoms with Crippen molar-refractivity contribution in [1.82, 2.24) is 0 Å². The Morgan fingerprint density at radius 3 is 2.27 bits per heavy atom. The van der Waals surface area contributed by atoms with E-state index in [1.165, 1.54) is 5.56 Å². The molecule has 0 saturated carbocycles. The molecule has 4 nitrogen and oxygen atoms in total. The Balaban J connectivity index is 1.81. The fourth-order valence-electron chi connectivity index (χ4n) is 3.46. The number of halogens is 1. The Hall–Kier alpha value is -2.98. The van der Waals surface area contributed by atoms with Gasteiger partial charge in [-0.25, -0.2) is 0 Å². The number of amides is 1. The first kappa shape index (κ1) is 21.7. The van der Waals surface area contributed by atoms with Crippen LogP contribution in [0.3, 0.4) is 0 Å². The molecule has 0 fully saturated rings. The van der Waals surface area contributed by atoms with E-state index >= 15 is 0 Å². The highest BCUT2D eigenvalue weighted by molar-refractivity contribution is 6.31. The zero-order valence-corrected chi connectivity index (χ0v) is 18.7. The van der Waals surface area contributed by atoms with Gasteiger partial charge in [-0.15, -0.1) is 0 Å². The van der Waals surface area contributed by atoms with Crippen LogP contribution in [-0.2, 0) is 6.61 Å². The summed E-state index contributed by atoms with van der Waals surface area (Å²) >= 11 is 6.08. The van der Waals surface area contributed by atoms with Crippen LogP contribution >= 0.6 is 11.6 Å². The fourth-order valence-corrected chi connectivity index (χ4v) is 3.58. The molecule has 0 aromatic heterocycles. The minimum Gasteiger partial charge on any atom is -0.496 e. The second-order valence-electron chi connectivity index (χ2n) is 7.45. The quantitative estimate of drug-likeness (QED) is 0.498. The fraction of sp³-hybridized carbons (Fsp3) is 0.240. The predicted octanol–water partition coefficient (Wildman–Crippen LogP) is 6.41. The van der Waals surface area contributed by atoms with Gasteiger partial charge in [-0.2, -0.15) is 0 Å². The van der Waals surface area contributed by atoms with Gasteiger partial charge in [-0.3, -0.25) is 4.79 Å². The molecule has 3 aromatic carbocycles. The predicted molar refractivity (Wildman–Crippen MR) is 122 cm³/mol. The molecule has 1 amide bonds. The third-order valence-electron chi connectivity index (χ3n) is 4.98. The lowest BCUT2D eigenvalue weighted by molar-refractivity contribution is 0.102. The van der Waals surface area contributed by atoms with Crippen molar-refractivity contribution < 1.29 is 14.3 Å². The Morgan fingerprint density at radius 2 is 1.63 bits per heavy atom. The maximum Gasteiger partial charge on any atom is 0.255 e. The van der Waals surface area contributed by atoms with Gasteiger partial charge in [0.2, 0.25) is 0 Å². The number of carbonyl (C=O) groups is 1. The molecule has 0 atom stereocenters. The molecule has 0 unspecified atom stereocenters. The Bertz CT molecular complexity index is 1070. The molecule has 1 N–H and O–H groups in total. The van der Waals surface area contributed by atoms with E-state index in [1.54, 1.807) is 31.4 Å². The van der Waals surface area contributed by atoms with Crippen LogP contribution in [0, 0.1) is 27.7 Å². The van der Waals surface area contributed by atoms with Crippen molar-refractivity contribution in [2.45, 2.75) is 34.3 Å². The van der Waals surface area contributed by atoms with E-state index in [2.05, 4.69) is 17.4 Å². The van der Waals surface area contributed by atoms with Crippen LogP contribution in [-0.4, -0.2) is 13.0 Å². The van der Waals surface area contributed by atoms with Crippen LogP contribution in [0.25, 0.3) is 0 Å². The minimum atomic E-state index is -0.170. The summed E-state index contributed by atoms with van der Waals surface area (Å²) in [5, 5.41) is 3.73. The van der Waals surface area contributed by atoms with E-state index in [4.69, 9.17) is 21.1 Å². The summed E-state index contributed by atoms with van der Waals surface area (Å²) in [6.45, 7) is 8.24. The van der Waals surface area contributed by atoms with Crippen molar-refractivity contribution in [3.8, 4) is 11.5 Å². The topological polar surface area (TPSA) is 47.6 Å². The number of anilines is 1. The number of rotatable bonds is 6. The molecule has 3 aromatic rings. The van der Waals surface area contributed by atoms with E-state index < -0.39 is 0 Å². The van der Waals surface area contributed by atoms with Crippen molar-refractivity contribution in [1.29, 1.82) is 0 Å². The molecule has 0 heterocycles. The van der Waals surface area contributed by atoms with Crippen molar-refractivity contribution >= 4 is 23.2 Å². The third-order valence-corrected chi connectivity index (χ3v) is 5.41. The molecule has 3 rings (SSSR count). The summed E-state index contributed by atoms with van der Waals surface area (Å²) in [7, 11) is 1.60. The monoisotopic (exact) mass is 423 g/mol. The van der Waals surface area contributed by atoms with Gasteiger partial charge in [0.1, 0.15) is 18.1 Å². The van der Waals surface area contributed by atoms with Crippen molar-refractivity contribution in [2.24, 2.45) is 0 Å². The lowest BCUT2D eigenvalue weighted by Crippen LogP contribution is -2.14. The van der Waals surface area contributed by atoms with Crippen LogP contribution in [0.15, 0.2) is 48.5 Å². The molecule has 0 bridgehead atoms. The van der Waals surface area contributed by atoms with Gasteiger partial charge in [0.15, 0.2) is 0 Å². The normalized spacial score (nSPS) is 10.6. The van der Waals surface area contributed by atoms with Gasteiger partial charge in [-0.05, 0) is 80.8 Å². The van der Waals surface area contributed by atoms with Crippen LogP contribution in [0.4, 0.5) is 5.69 Å². The number of ether oxygens (including phenoxy) is 2. The summed E-state index contributed by atoms with van der Waals surface area (Å²) < 4.78 is 11.4. The number of methoxy groups -OCH3 is 1. The highest BCUT2D eigenvalue weighted by Crippen LogP contribution is 2.26. The highest BCUT2D eigenvalue weighted by Gasteiger charge is 2.14. The highest BCUT2D eigenvalue weighted by atomic mass is 35.5. The first-order valence-electron chi connectivity index (χ1n) is 9.73. The van der Waals surface area contributed by atoms with Crippen LogP contribution in [0.1, 0.15) is 38.2 Å². The lowest BCUT2D eigenvalue weighted by atomic mass is 10.0. The molecule has 0 spiro atoms. The molecule has 5 heteroatoms. The zero-order chi connectivity index (χ0) is 21.8. The number of hydrogen-bond donors (Lipinski definition) is 1. The molecular formula is C25H26ClNO3. The first-order valence-corrected chi connectivity index (χ1v) is 10.1. The summed E-state index contributed by atoms with van der Waals surface area (Å²) in [5.74, 6) is 1.20. The average molecular weight is 424 g/mol.